The first-order chi connectivity index (χ1) is 8.60. The van der Waals surface area contributed by atoms with E-state index in [2.05, 4.69) is 25.9 Å². The van der Waals surface area contributed by atoms with Gasteiger partial charge in [-0.2, -0.15) is 5.26 Å². The van der Waals surface area contributed by atoms with Crippen LogP contribution < -0.4 is 4.74 Å². The lowest BCUT2D eigenvalue weighted by molar-refractivity contribution is 0.460. The predicted molar refractivity (Wildman–Crippen MR) is 71.0 cm³/mol. The highest BCUT2D eigenvalue weighted by atomic mass is 79.9. The molecule has 0 radical (unpaired) electrons. The zero-order chi connectivity index (χ0) is 13.1. The molecule has 0 saturated heterocycles. The molecule has 18 heavy (non-hydrogen) atoms. The van der Waals surface area contributed by atoms with Crippen molar-refractivity contribution in [3.05, 3.63) is 44.7 Å². The Hall–Kier alpha value is -1.35. The SMILES string of the molecule is N#Cc1cnc(Oc2cc(Cl)c(Br)cc2Cl)cn1. The van der Waals surface area contributed by atoms with Gasteiger partial charge >= 0.3 is 0 Å². The molecule has 0 bridgehead atoms. The molecule has 0 N–H and O–H groups in total. The van der Waals surface area contributed by atoms with E-state index in [1.807, 2.05) is 6.07 Å². The van der Waals surface area contributed by atoms with Gasteiger partial charge in [0, 0.05) is 10.5 Å². The fourth-order valence-electron chi connectivity index (χ4n) is 1.12. The van der Waals surface area contributed by atoms with Crippen LogP contribution >= 0.6 is 39.1 Å². The first-order valence-electron chi connectivity index (χ1n) is 4.64. The summed E-state index contributed by atoms with van der Waals surface area (Å²) in [6.45, 7) is 0. The average Bonchev–Trinajstić information content (AvgIpc) is 2.37. The van der Waals surface area contributed by atoms with Gasteiger partial charge in [0.1, 0.15) is 11.8 Å². The molecule has 90 valence electrons. The summed E-state index contributed by atoms with van der Waals surface area (Å²) in [5.41, 5.74) is 0.210. The number of rotatable bonds is 2. The Morgan fingerprint density at radius 3 is 2.56 bits per heavy atom. The minimum absolute atomic E-state index is 0.210. The average molecular weight is 345 g/mol. The molecule has 0 amide bonds. The quantitative estimate of drug-likeness (QED) is 0.765. The number of nitrogens with zero attached hydrogens (tertiary/aromatic N) is 3. The van der Waals surface area contributed by atoms with Crippen LogP contribution in [0.3, 0.4) is 0 Å². The van der Waals surface area contributed by atoms with Crippen LogP contribution in [-0.2, 0) is 0 Å². The highest BCUT2D eigenvalue weighted by molar-refractivity contribution is 9.10. The molecular weight excluding hydrogens is 341 g/mol. The molecule has 1 aromatic heterocycles. The Balaban J connectivity index is 2.28. The third-order valence-corrected chi connectivity index (χ3v) is 3.42. The van der Waals surface area contributed by atoms with Crippen molar-refractivity contribution >= 4 is 39.1 Å². The Kier molecular flexibility index (Phi) is 4.02. The van der Waals surface area contributed by atoms with E-state index >= 15 is 0 Å². The predicted octanol–water partition coefficient (Wildman–Crippen LogP) is 4.21. The van der Waals surface area contributed by atoms with Gasteiger partial charge in [-0.25, -0.2) is 9.97 Å². The fraction of sp³-hybridized carbons (Fsp3) is 0. The van der Waals surface area contributed by atoms with Crippen LogP contribution in [0.15, 0.2) is 29.0 Å². The number of ether oxygens (including phenoxy) is 1. The van der Waals surface area contributed by atoms with Crippen LogP contribution in [0.5, 0.6) is 11.6 Å². The number of hydrogen-bond donors (Lipinski definition) is 0. The van der Waals surface area contributed by atoms with Crippen LogP contribution in [0, 0.1) is 11.3 Å². The minimum atomic E-state index is 0.210. The number of hydrogen-bond acceptors (Lipinski definition) is 4. The number of benzene rings is 1. The van der Waals surface area contributed by atoms with Crippen molar-refractivity contribution in [1.29, 1.82) is 5.26 Å². The molecule has 0 aliphatic rings. The van der Waals surface area contributed by atoms with Crippen molar-refractivity contribution in [2.24, 2.45) is 0 Å². The van der Waals surface area contributed by atoms with Crippen LogP contribution in [0.2, 0.25) is 10.0 Å². The lowest BCUT2D eigenvalue weighted by Crippen LogP contribution is -1.92. The largest absolute Gasteiger partial charge is 0.436 e. The monoisotopic (exact) mass is 343 g/mol. The van der Waals surface area contributed by atoms with E-state index in [0.717, 1.165) is 0 Å². The molecule has 2 aromatic rings. The normalized spacial score (nSPS) is 9.89. The molecule has 1 aromatic carbocycles. The number of halogens is 3. The molecular formula is C11H4BrCl2N3O. The van der Waals surface area contributed by atoms with Crippen molar-refractivity contribution in [1.82, 2.24) is 9.97 Å². The van der Waals surface area contributed by atoms with Gasteiger partial charge < -0.3 is 4.74 Å². The third-order valence-electron chi connectivity index (χ3n) is 1.93. The van der Waals surface area contributed by atoms with Gasteiger partial charge in [0.2, 0.25) is 5.88 Å². The van der Waals surface area contributed by atoms with E-state index in [1.54, 1.807) is 12.1 Å². The second kappa shape index (κ2) is 5.53. The first kappa shape index (κ1) is 13.1. The van der Waals surface area contributed by atoms with Gasteiger partial charge in [0.05, 0.1) is 22.4 Å². The molecule has 0 fully saturated rings. The van der Waals surface area contributed by atoms with Gasteiger partial charge in [-0.3, -0.25) is 0 Å². The molecule has 1 heterocycles. The van der Waals surface area contributed by atoms with E-state index in [1.165, 1.54) is 12.4 Å². The minimum Gasteiger partial charge on any atom is -0.436 e. The zero-order valence-corrected chi connectivity index (χ0v) is 11.8. The second-order valence-corrected chi connectivity index (χ2v) is 4.82. The van der Waals surface area contributed by atoms with Crippen LogP contribution in [0.4, 0.5) is 0 Å². The molecule has 7 heteroatoms. The van der Waals surface area contributed by atoms with Crippen LogP contribution in [0.25, 0.3) is 0 Å². The molecule has 0 saturated carbocycles. The van der Waals surface area contributed by atoms with E-state index in [9.17, 15) is 0 Å². The smallest absolute Gasteiger partial charge is 0.237 e. The van der Waals surface area contributed by atoms with Gasteiger partial charge in [-0.15, -0.1) is 0 Å². The number of nitriles is 1. The van der Waals surface area contributed by atoms with Gasteiger partial charge in [-0.1, -0.05) is 23.2 Å². The molecule has 0 atom stereocenters. The maximum Gasteiger partial charge on any atom is 0.237 e. The van der Waals surface area contributed by atoms with Gasteiger partial charge in [-0.05, 0) is 22.0 Å². The Bertz CT molecular complexity index is 625. The summed E-state index contributed by atoms with van der Waals surface area (Å²) >= 11 is 15.2. The van der Waals surface area contributed by atoms with Gasteiger partial charge in [0.15, 0.2) is 5.69 Å². The lowest BCUT2D eigenvalue weighted by atomic mass is 10.3. The molecule has 0 unspecified atom stereocenters. The van der Waals surface area contributed by atoms with Crippen LogP contribution in [-0.4, -0.2) is 9.97 Å². The molecule has 0 spiro atoms. The topological polar surface area (TPSA) is 58.8 Å². The maximum atomic E-state index is 8.59. The van der Waals surface area contributed by atoms with Crippen molar-refractivity contribution in [3.63, 3.8) is 0 Å². The lowest BCUT2D eigenvalue weighted by Gasteiger charge is -2.07. The Morgan fingerprint density at radius 2 is 1.94 bits per heavy atom. The first-order valence-corrected chi connectivity index (χ1v) is 6.19. The van der Waals surface area contributed by atoms with E-state index in [4.69, 9.17) is 33.2 Å². The summed E-state index contributed by atoms with van der Waals surface area (Å²) in [7, 11) is 0. The Labute approximate surface area is 121 Å². The summed E-state index contributed by atoms with van der Waals surface area (Å²) < 4.78 is 6.10. The summed E-state index contributed by atoms with van der Waals surface area (Å²) in [5.74, 6) is 0.596. The van der Waals surface area contributed by atoms with Crippen molar-refractivity contribution < 1.29 is 4.74 Å². The zero-order valence-electron chi connectivity index (χ0n) is 8.69. The summed E-state index contributed by atoms with van der Waals surface area (Å²) in [6.07, 6.45) is 2.65. The van der Waals surface area contributed by atoms with Gasteiger partial charge in [0.25, 0.3) is 0 Å². The van der Waals surface area contributed by atoms with E-state index in [0.29, 0.717) is 20.3 Å². The number of aromatic nitrogens is 2. The van der Waals surface area contributed by atoms with Crippen LogP contribution in [0.1, 0.15) is 5.69 Å². The van der Waals surface area contributed by atoms with Crippen molar-refractivity contribution in [2.45, 2.75) is 0 Å². The molecule has 4 nitrogen and oxygen atoms in total. The highest BCUT2D eigenvalue weighted by Gasteiger charge is 2.08. The summed E-state index contributed by atoms with van der Waals surface area (Å²) in [6, 6.07) is 5.05. The summed E-state index contributed by atoms with van der Waals surface area (Å²) in [4.78, 5) is 7.75. The molecule has 0 aliphatic carbocycles. The molecule has 2 rings (SSSR count). The molecule has 0 aliphatic heterocycles. The van der Waals surface area contributed by atoms with Crippen molar-refractivity contribution in [3.8, 4) is 17.7 Å². The van der Waals surface area contributed by atoms with E-state index < -0.39 is 0 Å². The Morgan fingerprint density at radius 1 is 1.17 bits per heavy atom. The van der Waals surface area contributed by atoms with E-state index in [-0.39, 0.29) is 11.6 Å². The standard InChI is InChI=1S/C11H4BrCl2N3O/c12-7-1-9(14)10(2-8(7)13)18-11-5-16-6(3-15)4-17-11/h1-2,4-5H. The summed E-state index contributed by atoms with van der Waals surface area (Å²) in [5, 5.41) is 9.45. The fourth-order valence-corrected chi connectivity index (χ4v) is 1.95. The maximum absolute atomic E-state index is 8.59. The highest BCUT2D eigenvalue weighted by Crippen LogP contribution is 2.35. The third kappa shape index (κ3) is 2.91. The van der Waals surface area contributed by atoms with Crippen molar-refractivity contribution in [2.75, 3.05) is 0 Å². The second-order valence-electron chi connectivity index (χ2n) is 3.15.